The molecule has 0 rings (SSSR count). The van der Waals surface area contributed by atoms with E-state index in [4.69, 9.17) is 0 Å². The zero-order chi connectivity index (χ0) is 37.2. The van der Waals surface area contributed by atoms with E-state index in [1.165, 1.54) is 0 Å². The van der Waals surface area contributed by atoms with Gasteiger partial charge in [-0.3, -0.25) is 57.5 Å². The summed E-state index contributed by atoms with van der Waals surface area (Å²) in [5.74, 6) is -22.1. The van der Waals surface area contributed by atoms with Crippen LogP contribution in [-0.2, 0) is 71.9 Å². The van der Waals surface area contributed by atoms with E-state index in [2.05, 4.69) is 0 Å². The number of carbonyl (C=O) groups is 15. The fraction of sp³-hybridized carbons (Fsp3) is 0.444. The molecule has 0 saturated heterocycles. The van der Waals surface area contributed by atoms with Crippen molar-refractivity contribution in [3.8, 4) is 0 Å². The molecule has 0 unspecified atom stereocenters. The first-order chi connectivity index (χ1) is 20.1. The molecule has 1 radical (unpaired) electrons. The molecule has 49 heavy (non-hydrogen) atoms. The van der Waals surface area contributed by atoms with Gasteiger partial charge in [0.05, 0.1) is 0 Å². The first-order valence-corrected chi connectivity index (χ1v) is 11.9. The largest absolute Gasteiger partial charge is 3.00 e. The molecule has 0 aromatic rings. The van der Waals surface area contributed by atoms with Crippen LogP contribution in [0.3, 0.4) is 0 Å². The summed E-state index contributed by atoms with van der Waals surface area (Å²) in [7, 11) is 0. The van der Waals surface area contributed by atoms with Crippen LogP contribution in [0.15, 0.2) is 0 Å². The van der Waals surface area contributed by atoms with Crippen LogP contribution in [0.1, 0.15) is 62.3 Å². The smallest absolute Gasteiger partial charge is 0.542 e. The standard InChI is InChI=1S/3C9H10O6.3H2O.Sm/c3*1-4(10)9(5(2)11,6(3)12)7(13)8(14)15;;;;/h3*1-3H3,(H,14,15);3*1H2;/q;;;;;;+3/p-3. The van der Waals surface area contributed by atoms with Gasteiger partial charge in [-0.05, 0) is 62.3 Å². The van der Waals surface area contributed by atoms with Gasteiger partial charge in [0, 0.05) is 0 Å². The average Bonchev–Trinajstić information content (AvgIpc) is 2.83. The van der Waals surface area contributed by atoms with E-state index in [0.29, 0.717) is 0 Å². The first kappa shape index (κ1) is 60.0. The minimum absolute atomic E-state index is 0. The molecule has 0 aromatic carbocycles. The monoisotopic (exact) mass is 845 g/mol. The molecule has 273 valence electrons. The third kappa shape index (κ3) is 11.9. The van der Waals surface area contributed by atoms with Crippen LogP contribution in [0.5, 0.6) is 0 Å². The van der Waals surface area contributed by atoms with Crippen LogP contribution in [-0.4, -0.2) is 104 Å². The van der Waals surface area contributed by atoms with Gasteiger partial charge in [-0.1, -0.05) is 0 Å². The molecule has 0 spiro atoms. The minimum atomic E-state index is -2.74. The van der Waals surface area contributed by atoms with Crippen molar-refractivity contribution >= 4 is 87.3 Å². The molecule has 0 amide bonds. The Balaban J connectivity index is -0.000000104. The number of ketones is 12. The maximum atomic E-state index is 11.2. The molecule has 22 heteroatoms. The van der Waals surface area contributed by atoms with Crippen molar-refractivity contribution in [2.24, 2.45) is 16.2 Å². The summed E-state index contributed by atoms with van der Waals surface area (Å²) in [6.45, 7) is 7.28. The Morgan fingerprint density at radius 1 is 0.286 bits per heavy atom. The topological polar surface area (TPSA) is 420 Å². The SMILES string of the molecule is CC(=O)C(C(C)=O)(C(C)=O)C(=O)C(=O)[O-].CC(=O)C(C(C)=O)(C(C)=O)C(=O)C(=O)[O-].CC(=O)C(C(C)=O)(C(C)=O)C(=O)C(=O)[O-].O.O.O.[Sm+3]. The van der Waals surface area contributed by atoms with Crippen molar-refractivity contribution in [3.63, 3.8) is 0 Å². The van der Waals surface area contributed by atoms with E-state index in [1.807, 2.05) is 0 Å². The van der Waals surface area contributed by atoms with Gasteiger partial charge < -0.3 is 46.1 Å². The second-order valence-corrected chi connectivity index (χ2v) is 9.11. The molecular formula is C27H33O21Sm. The summed E-state index contributed by atoms with van der Waals surface area (Å²) < 4.78 is 0. The number of hydrogen-bond acceptors (Lipinski definition) is 18. The first-order valence-electron chi connectivity index (χ1n) is 11.9. The molecule has 21 nitrogen and oxygen atoms in total. The van der Waals surface area contributed by atoms with Crippen molar-refractivity contribution in [2.45, 2.75) is 62.3 Å². The molecule has 0 aromatic heterocycles. The number of rotatable bonds is 15. The number of carboxylic acid groups (broad SMARTS) is 3. The Kier molecular flexibility index (Phi) is 28.3. The zero-order valence-corrected chi connectivity index (χ0v) is 29.9. The van der Waals surface area contributed by atoms with E-state index in [-0.39, 0.29) is 56.8 Å². The molecule has 0 fully saturated rings. The Bertz CT molecular complexity index is 1170. The summed E-state index contributed by atoms with van der Waals surface area (Å²) in [5, 5.41) is 31.0. The van der Waals surface area contributed by atoms with Crippen molar-refractivity contribution in [3.05, 3.63) is 0 Å². The second-order valence-electron chi connectivity index (χ2n) is 9.11. The zero-order valence-electron chi connectivity index (χ0n) is 27.3. The van der Waals surface area contributed by atoms with Crippen LogP contribution < -0.4 is 15.3 Å². The van der Waals surface area contributed by atoms with Gasteiger partial charge in [0.25, 0.3) is 0 Å². The summed E-state index contributed by atoms with van der Waals surface area (Å²) >= 11 is 0. The van der Waals surface area contributed by atoms with Crippen LogP contribution >= 0.6 is 0 Å². The molecule has 0 heterocycles. The van der Waals surface area contributed by atoms with Crippen LogP contribution in [0.25, 0.3) is 0 Å². The van der Waals surface area contributed by atoms with E-state index in [0.717, 1.165) is 62.3 Å². The van der Waals surface area contributed by atoms with Crippen molar-refractivity contribution in [2.75, 3.05) is 0 Å². The quantitative estimate of drug-likeness (QED) is 0.109. The van der Waals surface area contributed by atoms with Crippen molar-refractivity contribution in [1.82, 2.24) is 0 Å². The molecule has 0 bridgehead atoms. The summed E-state index contributed by atoms with van der Waals surface area (Å²) in [4.78, 5) is 165. The fourth-order valence-corrected chi connectivity index (χ4v) is 4.13. The summed E-state index contributed by atoms with van der Waals surface area (Å²) in [6.07, 6.45) is 0. The second kappa shape index (κ2) is 23.1. The maximum absolute atomic E-state index is 11.2. The molecule has 0 aliphatic carbocycles. The number of carboxylic acids is 3. The van der Waals surface area contributed by atoms with Gasteiger partial charge in [-0.2, -0.15) is 0 Å². The van der Waals surface area contributed by atoms with E-state index in [1.54, 1.807) is 0 Å². The number of hydrogen-bond donors (Lipinski definition) is 0. The van der Waals surface area contributed by atoms with Gasteiger partial charge in [-0.15, -0.1) is 0 Å². The summed E-state index contributed by atoms with van der Waals surface area (Å²) in [5.41, 5.74) is -8.21. The maximum Gasteiger partial charge on any atom is 3.00 e. The fourth-order valence-electron chi connectivity index (χ4n) is 4.13. The van der Waals surface area contributed by atoms with E-state index < -0.39 is 104 Å². The predicted molar refractivity (Wildman–Crippen MR) is 144 cm³/mol. The molecule has 0 aliphatic rings. The van der Waals surface area contributed by atoms with E-state index >= 15 is 0 Å². The normalized spacial score (nSPS) is 9.73. The van der Waals surface area contributed by atoms with Gasteiger partial charge in [0.15, 0.2) is 52.0 Å². The third-order valence-electron chi connectivity index (χ3n) is 6.33. The van der Waals surface area contributed by atoms with Crippen molar-refractivity contribution in [1.29, 1.82) is 0 Å². The predicted octanol–water partition coefficient (Wildman–Crippen LogP) is -8.30. The molecular weight excluding hydrogens is 811 g/mol. The van der Waals surface area contributed by atoms with Gasteiger partial charge in [0.1, 0.15) is 17.9 Å². The van der Waals surface area contributed by atoms with Gasteiger partial charge in [0.2, 0.25) is 33.6 Å². The Hall–Kier alpha value is -4.33. The van der Waals surface area contributed by atoms with Crippen LogP contribution in [0.4, 0.5) is 0 Å². The molecule has 6 N–H and O–H groups in total. The number of carbonyl (C=O) groups excluding carboxylic acids is 15. The molecule has 0 aliphatic heterocycles. The van der Waals surface area contributed by atoms with Crippen LogP contribution in [0.2, 0.25) is 0 Å². The number of aliphatic carboxylic acids is 3. The van der Waals surface area contributed by atoms with Crippen molar-refractivity contribution < 1.29 is 144 Å². The third-order valence-corrected chi connectivity index (χ3v) is 6.33. The van der Waals surface area contributed by atoms with Gasteiger partial charge >= 0.3 is 40.4 Å². The Morgan fingerprint density at radius 2 is 0.367 bits per heavy atom. The molecule has 0 saturated carbocycles. The minimum Gasteiger partial charge on any atom is -0.542 e. The van der Waals surface area contributed by atoms with Crippen LogP contribution in [0, 0.1) is 56.6 Å². The van der Waals surface area contributed by atoms with Gasteiger partial charge in [-0.25, -0.2) is 0 Å². The Morgan fingerprint density at radius 3 is 0.388 bits per heavy atom. The van der Waals surface area contributed by atoms with E-state index in [9.17, 15) is 87.2 Å². The summed E-state index contributed by atoms with van der Waals surface area (Å²) in [6, 6.07) is 0. The average molecular weight is 844 g/mol. The number of Topliss-reactive ketones (excluding diaryl/α,β-unsaturated/α-hetero) is 12. The Labute approximate surface area is 308 Å². The molecule has 0 atom stereocenters.